The Morgan fingerprint density at radius 1 is 1.40 bits per heavy atom. The lowest BCUT2D eigenvalue weighted by atomic mass is 10.1. The van der Waals surface area contributed by atoms with Crippen LogP contribution in [-0.2, 0) is 16.1 Å². The molecule has 0 spiro atoms. The highest BCUT2D eigenvalue weighted by molar-refractivity contribution is 9.10. The summed E-state index contributed by atoms with van der Waals surface area (Å²) in [5, 5.41) is 2.71. The van der Waals surface area contributed by atoms with E-state index in [4.69, 9.17) is 0 Å². The summed E-state index contributed by atoms with van der Waals surface area (Å²) in [7, 11) is 0. The van der Waals surface area contributed by atoms with Gasteiger partial charge in [-0.25, -0.2) is 4.39 Å². The van der Waals surface area contributed by atoms with E-state index in [1.807, 2.05) is 0 Å². The lowest BCUT2D eigenvalue weighted by Crippen LogP contribution is -2.42. The summed E-state index contributed by atoms with van der Waals surface area (Å²) in [6.45, 7) is 0.945. The second kappa shape index (κ2) is 6.83. The Balaban J connectivity index is 1.85. The highest BCUT2D eigenvalue weighted by Crippen LogP contribution is 2.17. The SMILES string of the molecule is O=C(CN1CCCCC1=O)NCc1cc(F)ccc1Br. The van der Waals surface area contributed by atoms with E-state index < -0.39 is 0 Å². The topological polar surface area (TPSA) is 49.4 Å². The maximum Gasteiger partial charge on any atom is 0.239 e. The van der Waals surface area contributed by atoms with Crippen molar-refractivity contribution in [1.29, 1.82) is 0 Å². The second-order valence-corrected chi connectivity index (χ2v) is 5.64. The minimum absolute atomic E-state index is 0.0262. The molecule has 1 N–H and O–H groups in total. The van der Waals surface area contributed by atoms with Crippen LogP contribution in [0.5, 0.6) is 0 Å². The molecule has 0 radical (unpaired) electrons. The second-order valence-electron chi connectivity index (χ2n) is 4.78. The number of benzene rings is 1. The molecule has 4 nitrogen and oxygen atoms in total. The first-order valence-corrected chi connectivity index (χ1v) is 7.34. The van der Waals surface area contributed by atoms with Gasteiger partial charge in [-0.3, -0.25) is 9.59 Å². The molecule has 1 aromatic carbocycles. The molecule has 0 aromatic heterocycles. The average molecular weight is 343 g/mol. The Morgan fingerprint density at radius 3 is 2.95 bits per heavy atom. The van der Waals surface area contributed by atoms with Gasteiger partial charge in [0.05, 0.1) is 6.54 Å². The Morgan fingerprint density at radius 2 is 2.20 bits per heavy atom. The molecule has 0 unspecified atom stereocenters. The van der Waals surface area contributed by atoms with E-state index in [1.165, 1.54) is 12.1 Å². The van der Waals surface area contributed by atoms with Crippen molar-refractivity contribution in [2.45, 2.75) is 25.8 Å². The number of hydrogen-bond acceptors (Lipinski definition) is 2. The molecule has 1 saturated heterocycles. The number of carbonyl (C=O) groups excluding carboxylic acids is 2. The summed E-state index contributed by atoms with van der Waals surface area (Å²) in [4.78, 5) is 25.0. The van der Waals surface area contributed by atoms with Crippen LogP contribution in [0.3, 0.4) is 0 Å². The van der Waals surface area contributed by atoms with Crippen LogP contribution in [-0.4, -0.2) is 29.8 Å². The standard InChI is InChI=1S/C14H16BrFN2O2/c15-12-5-4-11(16)7-10(12)8-17-13(19)9-18-6-2-1-3-14(18)20/h4-5,7H,1-3,6,8-9H2,(H,17,19). The van der Waals surface area contributed by atoms with Crippen LogP contribution in [0.1, 0.15) is 24.8 Å². The average Bonchev–Trinajstić information content (AvgIpc) is 2.42. The van der Waals surface area contributed by atoms with Gasteiger partial charge in [0.15, 0.2) is 0 Å². The van der Waals surface area contributed by atoms with Crippen LogP contribution in [0.4, 0.5) is 4.39 Å². The van der Waals surface area contributed by atoms with Crippen LogP contribution >= 0.6 is 15.9 Å². The summed E-state index contributed by atoms with van der Waals surface area (Å²) >= 11 is 3.31. The van der Waals surface area contributed by atoms with Gasteiger partial charge in [0.1, 0.15) is 5.82 Å². The van der Waals surface area contributed by atoms with Crippen molar-refractivity contribution in [3.05, 3.63) is 34.1 Å². The van der Waals surface area contributed by atoms with Gasteiger partial charge in [-0.05, 0) is 36.6 Å². The summed E-state index contributed by atoms with van der Waals surface area (Å²) in [6, 6.07) is 4.32. The molecule has 0 bridgehead atoms. The molecular weight excluding hydrogens is 327 g/mol. The van der Waals surface area contributed by atoms with Crippen molar-refractivity contribution in [3.8, 4) is 0 Å². The van der Waals surface area contributed by atoms with Gasteiger partial charge >= 0.3 is 0 Å². The number of amides is 2. The first-order valence-electron chi connectivity index (χ1n) is 6.54. The molecule has 2 rings (SSSR count). The normalized spacial score (nSPS) is 15.3. The van der Waals surface area contributed by atoms with Gasteiger partial charge in [-0.15, -0.1) is 0 Å². The molecule has 1 aliphatic heterocycles. The maximum atomic E-state index is 13.1. The monoisotopic (exact) mass is 342 g/mol. The van der Waals surface area contributed by atoms with Crippen LogP contribution in [0.15, 0.2) is 22.7 Å². The van der Waals surface area contributed by atoms with Crippen molar-refractivity contribution in [1.82, 2.24) is 10.2 Å². The van der Waals surface area contributed by atoms with Gasteiger partial charge < -0.3 is 10.2 Å². The van der Waals surface area contributed by atoms with E-state index in [1.54, 1.807) is 11.0 Å². The number of piperidine rings is 1. The summed E-state index contributed by atoms with van der Waals surface area (Å²) in [5.74, 6) is -0.543. The van der Waals surface area contributed by atoms with Crippen molar-refractivity contribution < 1.29 is 14.0 Å². The van der Waals surface area contributed by atoms with Gasteiger partial charge in [-0.1, -0.05) is 15.9 Å². The predicted molar refractivity (Wildman–Crippen MR) is 76.4 cm³/mol. The summed E-state index contributed by atoms with van der Waals surface area (Å²) in [5.41, 5.74) is 0.670. The van der Waals surface area contributed by atoms with Crippen LogP contribution in [0, 0.1) is 5.82 Å². The maximum absolute atomic E-state index is 13.1. The first-order chi connectivity index (χ1) is 9.56. The minimum atomic E-state index is -0.344. The highest BCUT2D eigenvalue weighted by atomic mass is 79.9. The molecule has 1 aromatic rings. The Labute approximate surface area is 125 Å². The van der Waals surface area contributed by atoms with E-state index in [9.17, 15) is 14.0 Å². The Kier molecular flexibility index (Phi) is 5.11. The lowest BCUT2D eigenvalue weighted by molar-refractivity contribution is -0.137. The zero-order valence-corrected chi connectivity index (χ0v) is 12.6. The fourth-order valence-electron chi connectivity index (χ4n) is 2.13. The molecule has 1 aliphatic rings. The largest absolute Gasteiger partial charge is 0.350 e. The smallest absolute Gasteiger partial charge is 0.239 e. The lowest BCUT2D eigenvalue weighted by Gasteiger charge is -2.26. The third-order valence-electron chi connectivity index (χ3n) is 3.24. The molecule has 6 heteroatoms. The van der Waals surface area contributed by atoms with E-state index >= 15 is 0 Å². The zero-order chi connectivity index (χ0) is 14.5. The molecule has 20 heavy (non-hydrogen) atoms. The van der Waals surface area contributed by atoms with Gasteiger partial charge in [0.25, 0.3) is 0 Å². The highest BCUT2D eigenvalue weighted by Gasteiger charge is 2.20. The van der Waals surface area contributed by atoms with Gasteiger partial charge in [0, 0.05) is 24.0 Å². The molecule has 0 aliphatic carbocycles. The number of hydrogen-bond donors (Lipinski definition) is 1. The fraction of sp³-hybridized carbons (Fsp3) is 0.429. The van der Waals surface area contributed by atoms with E-state index in [2.05, 4.69) is 21.2 Å². The van der Waals surface area contributed by atoms with Crippen molar-refractivity contribution >= 4 is 27.7 Å². The van der Waals surface area contributed by atoms with E-state index in [0.717, 1.165) is 17.3 Å². The first kappa shape index (κ1) is 15.0. The van der Waals surface area contributed by atoms with Crippen molar-refractivity contribution in [3.63, 3.8) is 0 Å². The predicted octanol–water partition coefficient (Wildman–Crippen LogP) is 2.22. The molecule has 2 amide bonds. The Bertz CT molecular complexity index is 522. The van der Waals surface area contributed by atoms with Gasteiger partial charge in [0.2, 0.25) is 11.8 Å². The molecule has 1 fully saturated rings. The van der Waals surface area contributed by atoms with Crippen molar-refractivity contribution in [2.24, 2.45) is 0 Å². The Hall–Kier alpha value is -1.43. The fourth-order valence-corrected chi connectivity index (χ4v) is 2.52. The number of halogens is 2. The van der Waals surface area contributed by atoms with E-state index in [0.29, 0.717) is 18.5 Å². The van der Waals surface area contributed by atoms with Crippen LogP contribution < -0.4 is 5.32 Å². The van der Waals surface area contributed by atoms with Gasteiger partial charge in [-0.2, -0.15) is 0 Å². The summed E-state index contributed by atoms with van der Waals surface area (Å²) < 4.78 is 13.9. The minimum Gasteiger partial charge on any atom is -0.350 e. The number of rotatable bonds is 4. The third kappa shape index (κ3) is 4.03. The number of nitrogens with zero attached hydrogens (tertiary/aromatic N) is 1. The van der Waals surface area contributed by atoms with Crippen LogP contribution in [0.2, 0.25) is 0 Å². The number of carbonyl (C=O) groups is 2. The van der Waals surface area contributed by atoms with Crippen molar-refractivity contribution in [2.75, 3.05) is 13.1 Å². The van der Waals surface area contributed by atoms with Crippen LogP contribution in [0.25, 0.3) is 0 Å². The molecule has 0 saturated carbocycles. The molecular formula is C14H16BrFN2O2. The molecule has 108 valence electrons. The van der Waals surface area contributed by atoms with E-state index in [-0.39, 0.29) is 30.7 Å². The zero-order valence-electron chi connectivity index (χ0n) is 11.0. The quantitative estimate of drug-likeness (QED) is 0.911. The number of nitrogens with one attached hydrogen (secondary N) is 1. The summed E-state index contributed by atoms with van der Waals surface area (Å²) in [6.07, 6.45) is 2.35. The molecule has 1 heterocycles. The number of likely N-dealkylation sites (tertiary alicyclic amines) is 1. The molecule has 0 atom stereocenters. The third-order valence-corrected chi connectivity index (χ3v) is 4.01.